The number of carbonyl (C=O) groups excluding carboxylic acids is 1. The summed E-state index contributed by atoms with van der Waals surface area (Å²) in [4.78, 5) is 36.6. The molecule has 21 heavy (non-hydrogen) atoms. The van der Waals surface area contributed by atoms with Crippen LogP contribution in [0.3, 0.4) is 0 Å². The van der Waals surface area contributed by atoms with E-state index in [1.807, 2.05) is 0 Å². The van der Waals surface area contributed by atoms with Gasteiger partial charge in [0.05, 0.1) is 13.1 Å². The summed E-state index contributed by atoms with van der Waals surface area (Å²) in [5, 5.41) is 5.21. The van der Waals surface area contributed by atoms with E-state index in [4.69, 9.17) is 0 Å². The molecule has 2 N–H and O–H groups in total. The summed E-state index contributed by atoms with van der Waals surface area (Å²) in [6.45, 7) is 2.94. The van der Waals surface area contributed by atoms with Crippen LogP contribution in [0, 0.1) is 0 Å². The Balaban J connectivity index is 1.75. The number of rotatable bonds is 5. The number of aromatic amines is 1. The average molecular weight is 294 g/mol. The lowest BCUT2D eigenvalue weighted by atomic mass is 10.2. The van der Waals surface area contributed by atoms with Gasteiger partial charge in [-0.1, -0.05) is 12.8 Å². The van der Waals surface area contributed by atoms with Crippen molar-refractivity contribution in [2.24, 2.45) is 0 Å². The maximum absolute atomic E-state index is 11.9. The van der Waals surface area contributed by atoms with Crippen LogP contribution >= 0.6 is 0 Å². The van der Waals surface area contributed by atoms with Crippen LogP contribution in [0.15, 0.2) is 21.7 Å². The summed E-state index contributed by atoms with van der Waals surface area (Å²) in [6.07, 6.45) is 4.77. The largest absolute Gasteiger partial charge is 0.353 e. The second-order valence-electron chi connectivity index (χ2n) is 5.34. The highest BCUT2D eigenvalue weighted by atomic mass is 16.2. The third-order valence-corrected chi connectivity index (χ3v) is 3.61. The van der Waals surface area contributed by atoms with Gasteiger partial charge in [0.2, 0.25) is 5.91 Å². The lowest BCUT2D eigenvalue weighted by molar-refractivity contribution is -0.122. The van der Waals surface area contributed by atoms with E-state index in [-0.39, 0.29) is 23.6 Å². The smallest absolute Gasteiger partial charge is 0.265 e. The molecule has 0 saturated carbocycles. The molecule has 0 radical (unpaired) electrons. The summed E-state index contributed by atoms with van der Waals surface area (Å²) < 4.78 is 1.20. The van der Waals surface area contributed by atoms with Gasteiger partial charge < -0.3 is 5.32 Å². The van der Waals surface area contributed by atoms with Crippen molar-refractivity contribution in [3.63, 3.8) is 0 Å². The van der Waals surface area contributed by atoms with Crippen molar-refractivity contribution in [3.05, 3.63) is 32.8 Å². The first-order valence-electron chi connectivity index (χ1n) is 7.44. The fourth-order valence-electron chi connectivity index (χ4n) is 2.49. The molecule has 2 rings (SSSR count). The van der Waals surface area contributed by atoms with Gasteiger partial charge in [-0.15, -0.1) is 0 Å². The highest BCUT2D eigenvalue weighted by Gasteiger charge is 2.12. The summed E-state index contributed by atoms with van der Waals surface area (Å²) in [7, 11) is 0. The van der Waals surface area contributed by atoms with Gasteiger partial charge in [0.25, 0.3) is 11.1 Å². The second-order valence-corrected chi connectivity index (χ2v) is 5.34. The summed E-state index contributed by atoms with van der Waals surface area (Å²) in [6, 6.07) is 2.41. The molecule has 1 fully saturated rings. The molecule has 0 atom stereocenters. The molecule has 0 unspecified atom stereocenters. The number of hydrogen-bond donors (Lipinski definition) is 2. The van der Waals surface area contributed by atoms with Crippen molar-refractivity contribution >= 4 is 5.91 Å². The van der Waals surface area contributed by atoms with Crippen LogP contribution in [0.25, 0.3) is 0 Å². The summed E-state index contributed by atoms with van der Waals surface area (Å²) >= 11 is 0. The molecule has 1 aliphatic heterocycles. The molecule has 1 aliphatic rings. The van der Waals surface area contributed by atoms with Gasteiger partial charge in [0.1, 0.15) is 0 Å². The number of H-pyrrole nitrogens is 1. The maximum atomic E-state index is 11.9. The Morgan fingerprint density at radius 1 is 1.14 bits per heavy atom. The predicted molar refractivity (Wildman–Crippen MR) is 79.2 cm³/mol. The number of likely N-dealkylation sites (tertiary alicyclic amines) is 1. The molecule has 116 valence electrons. The van der Waals surface area contributed by atoms with Gasteiger partial charge in [0.15, 0.2) is 0 Å². The molecular weight excluding hydrogens is 272 g/mol. The zero-order valence-corrected chi connectivity index (χ0v) is 12.1. The summed E-state index contributed by atoms with van der Waals surface area (Å²) in [5.41, 5.74) is -0.609. The fraction of sp³-hybridized carbons (Fsp3) is 0.643. The monoisotopic (exact) mass is 294 g/mol. The molecule has 1 amide bonds. The van der Waals surface area contributed by atoms with Crippen LogP contribution in [0.1, 0.15) is 25.7 Å². The van der Waals surface area contributed by atoms with E-state index in [9.17, 15) is 14.4 Å². The number of carbonyl (C=O) groups is 1. The van der Waals surface area contributed by atoms with Crippen molar-refractivity contribution in [2.45, 2.75) is 32.2 Å². The predicted octanol–water partition coefficient (Wildman–Crippen LogP) is -0.471. The van der Waals surface area contributed by atoms with Crippen LogP contribution in [-0.2, 0) is 11.3 Å². The number of nitrogens with zero attached hydrogens (tertiary/aromatic N) is 2. The third-order valence-electron chi connectivity index (χ3n) is 3.61. The molecule has 7 nitrogen and oxygen atoms in total. The van der Waals surface area contributed by atoms with Gasteiger partial charge in [-0.05, 0) is 25.9 Å². The normalized spacial score (nSPS) is 16.4. The van der Waals surface area contributed by atoms with Crippen LogP contribution in [0.4, 0.5) is 0 Å². The van der Waals surface area contributed by atoms with E-state index in [1.54, 1.807) is 0 Å². The average Bonchev–Trinajstić information content (AvgIpc) is 2.71. The minimum absolute atomic E-state index is 0.0387. The standard InChI is InChI=1S/C14H22N4O3/c19-12-5-6-14(21)18(16-12)10-7-15-13(20)11-17-8-3-1-2-4-9-17/h5-6H,1-4,7-11H2,(H,15,20)(H,16,19). The van der Waals surface area contributed by atoms with Gasteiger partial charge in [0, 0.05) is 18.7 Å². The number of nitrogens with one attached hydrogen (secondary N) is 2. The molecule has 1 saturated heterocycles. The Labute approximate surface area is 122 Å². The first-order chi connectivity index (χ1) is 10.1. The Bertz CT molecular complexity index is 570. The van der Waals surface area contributed by atoms with E-state index in [0.717, 1.165) is 25.9 Å². The minimum atomic E-state index is -0.328. The molecular formula is C14H22N4O3. The van der Waals surface area contributed by atoms with E-state index < -0.39 is 0 Å². The highest BCUT2D eigenvalue weighted by molar-refractivity contribution is 5.77. The molecule has 0 bridgehead atoms. The van der Waals surface area contributed by atoms with Gasteiger partial charge in [-0.3, -0.25) is 24.4 Å². The highest BCUT2D eigenvalue weighted by Crippen LogP contribution is 2.08. The first kappa shape index (κ1) is 15.5. The van der Waals surface area contributed by atoms with Crippen molar-refractivity contribution in [1.82, 2.24) is 20.0 Å². The number of amides is 1. The molecule has 2 heterocycles. The zero-order valence-electron chi connectivity index (χ0n) is 12.1. The van der Waals surface area contributed by atoms with Gasteiger partial charge in [-0.2, -0.15) is 0 Å². The quantitative estimate of drug-likeness (QED) is 0.768. The number of aromatic nitrogens is 2. The van der Waals surface area contributed by atoms with Crippen LogP contribution in [-0.4, -0.2) is 46.8 Å². The van der Waals surface area contributed by atoms with Crippen LogP contribution < -0.4 is 16.4 Å². The first-order valence-corrected chi connectivity index (χ1v) is 7.44. The van der Waals surface area contributed by atoms with Crippen LogP contribution in [0.5, 0.6) is 0 Å². The lowest BCUT2D eigenvalue weighted by Crippen LogP contribution is -2.40. The molecule has 1 aromatic rings. The van der Waals surface area contributed by atoms with Crippen LogP contribution in [0.2, 0.25) is 0 Å². The molecule has 0 aromatic carbocycles. The van der Waals surface area contributed by atoms with E-state index in [0.29, 0.717) is 13.1 Å². The third kappa shape index (κ3) is 5.18. The Morgan fingerprint density at radius 3 is 2.57 bits per heavy atom. The van der Waals surface area contributed by atoms with Crippen molar-refractivity contribution < 1.29 is 4.79 Å². The zero-order chi connectivity index (χ0) is 15.1. The van der Waals surface area contributed by atoms with E-state index in [2.05, 4.69) is 15.3 Å². The van der Waals surface area contributed by atoms with Crippen molar-refractivity contribution in [2.75, 3.05) is 26.2 Å². The van der Waals surface area contributed by atoms with Gasteiger partial charge in [-0.25, -0.2) is 4.68 Å². The molecule has 7 heteroatoms. The Kier molecular flexibility index (Phi) is 5.74. The van der Waals surface area contributed by atoms with Crippen molar-refractivity contribution in [3.8, 4) is 0 Å². The Morgan fingerprint density at radius 2 is 1.86 bits per heavy atom. The van der Waals surface area contributed by atoms with E-state index >= 15 is 0 Å². The molecule has 1 aromatic heterocycles. The Hall–Kier alpha value is -1.89. The molecule has 0 aliphatic carbocycles. The second kappa shape index (κ2) is 7.78. The molecule has 0 spiro atoms. The lowest BCUT2D eigenvalue weighted by Gasteiger charge is -2.18. The summed E-state index contributed by atoms with van der Waals surface area (Å²) in [5.74, 6) is -0.0387. The topological polar surface area (TPSA) is 87.2 Å². The minimum Gasteiger partial charge on any atom is -0.353 e. The number of hydrogen-bond acceptors (Lipinski definition) is 4. The van der Waals surface area contributed by atoms with Crippen molar-refractivity contribution in [1.29, 1.82) is 0 Å². The SMILES string of the molecule is O=C(CN1CCCCCC1)NCCn1[nH]c(=O)ccc1=O. The van der Waals surface area contributed by atoms with Gasteiger partial charge >= 0.3 is 0 Å². The van der Waals surface area contributed by atoms with E-state index in [1.165, 1.54) is 29.7 Å². The maximum Gasteiger partial charge on any atom is 0.265 e. The fourth-order valence-corrected chi connectivity index (χ4v) is 2.49.